The van der Waals surface area contributed by atoms with Gasteiger partial charge in [0.15, 0.2) is 17.5 Å². The molecule has 2 fully saturated rings. The number of aromatic nitrogens is 2. The van der Waals surface area contributed by atoms with Crippen LogP contribution in [0.2, 0.25) is 0 Å². The molecule has 3 heterocycles. The number of ether oxygens (including phenoxy) is 1. The van der Waals surface area contributed by atoms with Gasteiger partial charge in [-0.25, -0.2) is 30.9 Å². The van der Waals surface area contributed by atoms with Crippen LogP contribution in [0.1, 0.15) is 48.5 Å². The Morgan fingerprint density at radius 2 is 1.85 bits per heavy atom. The highest BCUT2D eigenvalue weighted by atomic mass is 32.2. The molecule has 2 aliphatic heterocycles. The number of halogens is 3. The van der Waals surface area contributed by atoms with Gasteiger partial charge < -0.3 is 14.2 Å². The molecule has 40 heavy (non-hydrogen) atoms. The molecule has 0 radical (unpaired) electrons. The lowest BCUT2D eigenvalue weighted by molar-refractivity contribution is -0.149. The Bertz CT molecular complexity index is 1550. The molecule has 2 unspecified atom stereocenters. The normalized spacial score (nSPS) is 22.7. The Hall–Kier alpha value is -3.38. The molecule has 3 aromatic rings. The van der Waals surface area contributed by atoms with Gasteiger partial charge in [0.05, 0.1) is 42.5 Å². The summed E-state index contributed by atoms with van der Waals surface area (Å²) in [7, 11) is -2.10. The number of methoxy groups -OCH3 is 1. The summed E-state index contributed by atoms with van der Waals surface area (Å²) in [6.07, 6.45) is 5.62. The highest BCUT2D eigenvalue weighted by Crippen LogP contribution is 2.52. The molecule has 3 atom stereocenters. The van der Waals surface area contributed by atoms with Crippen LogP contribution in [-0.2, 0) is 14.8 Å². The molecule has 0 bridgehead atoms. The molecule has 0 aliphatic carbocycles. The van der Waals surface area contributed by atoms with Gasteiger partial charge in [-0.1, -0.05) is 6.07 Å². The summed E-state index contributed by atoms with van der Waals surface area (Å²) in [6, 6.07) is 6.57. The minimum atomic E-state index is -3.63. The number of piperidine rings is 1. The minimum absolute atomic E-state index is 0.0184. The van der Waals surface area contributed by atoms with Crippen LogP contribution in [0.15, 0.2) is 42.9 Å². The minimum Gasteiger partial charge on any atom is -0.495 e. The number of hydrogen-bond donors (Lipinski definition) is 0. The second kappa shape index (κ2) is 10.2. The Balaban J connectivity index is 1.56. The quantitative estimate of drug-likeness (QED) is 0.408. The van der Waals surface area contributed by atoms with Crippen LogP contribution in [-0.4, -0.2) is 66.1 Å². The fraction of sp³-hybridized carbons (Fsp3) is 0.429. The number of amides is 1. The Kier molecular flexibility index (Phi) is 7.20. The maximum absolute atomic E-state index is 14.3. The van der Waals surface area contributed by atoms with Gasteiger partial charge in [-0.15, -0.1) is 0 Å². The molecule has 1 aromatic heterocycles. The largest absolute Gasteiger partial charge is 0.495 e. The molecule has 2 saturated heterocycles. The molecule has 1 spiro atoms. The van der Waals surface area contributed by atoms with Crippen molar-refractivity contribution >= 4 is 15.9 Å². The molecular formula is C28H31F3N4O4S. The number of benzene rings is 2. The summed E-state index contributed by atoms with van der Waals surface area (Å²) < 4.78 is 75.9. The van der Waals surface area contributed by atoms with E-state index in [-0.39, 0.29) is 24.6 Å². The van der Waals surface area contributed by atoms with Gasteiger partial charge in [0.25, 0.3) is 0 Å². The molecule has 0 saturated carbocycles. The highest BCUT2D eigenvalue weighted by Gasteiger charge is 2.57. The van der Waals surface area contributed by atoms with Crippen molar-refractivity contribution in [2.24, 2.45) is 5.41 Å². The number of likely N-dealkylation sites (tertiary alicyclic amines) is 1. The molecule has 214 valence electrons. The van der Waals surface area contributed by atoms with Crippen LogP contribution in [0.5, 0.6) is 5.75 Å². The van der Waals surface area contributed by atoms with E-state index in [4.69, 9.17) is 4.74 Å². The number of carbonyl (C=O) groups is 1. The van der Waals surface area contributed by atoms with Crippen LogP contribution in [0.3, 0.4) is 0 Å². The maximum Gasteiger partial charge on any atom is 0.231 e. The summed E-state index contributed by atoms with van der Waals surface area (Å²) in [5, 5.41) is 0. The van der Waals surface area contributed by atoms with Gasteiger partial charge in [-0.05, 0) is 62.1 Å². The summed E-state index contributed by atoms with van der Waals surface area (Å²) >= 11 is 0. The number of hydrogen-bond acceptors (Lipinski definition) is 5. The Morgan fingerprint density at radius 3 is 2.45 bits per heavy atom. The molecule has 2 aromatic carbocycles. The van der Waals surface area contributed by atoms with E-state index in [1.807, 2.05) is 35.9 Å². The molecule has 2 aliphatic rings. The van der Waals surface area contributed by atoms with Crippen molar-refractivity contribution in [3.05, 3.63) is 77.1 Å². The maximum atomic E-state index is 14.3. The van der Waals surface area contributed by atoms with E-state index in [0.717, 1.165) is 35.3 Å². The van der Waals surface area contributed by atoms with Crippen molar-refractivity contribution in [2.45, 2.75) is 38.6 Å². The Labute approximate surface area is 231 Å². The zero-order valence-corrected chi connectivity index (χ0v) is 23.5. The van der Waals surface area contributed by atoms with E-state index in [2.05, 4.69) is 4.98 Å². The number of carbonyl (C=O) groups excluding carboxylic acids is 1. The SMILES string of the molecule is COc1cc(C2CN(S(C)(=O)=O)CC23CCCN([C@@H](C)c2cc(F)c(F)c(F)c2)C3=O)ccc1-n1cnc(C)c1. The number of imidazole rings is 1. The lowest BCUT2D eigenvalue weighted by Gasteiger charge is -2.45. The molecular weight excluding hydrogens is 545 g/mol. The van der Waals surface area contributed by atoms with Crippen molar-refractivity contribution in [2.75, 3.05) is 33.0 Å². The number of rotatable bonds is 6. The lowest BCUT2D eigenvalue weighted by Crippen LogP contribution is -2.53. The van der Waals surface area contributed by atoms with Crippen LogP contribution in [0.4, 0.5) is 13.2 Å². The number of aryl methyl sites for hydroxylation is 1. The van der Waals surface area contributed by atoms with Gasteiger partial charge >= 0.3 is 0 Å². The number of nitrogens with zero attached hydrogens (tertiary/aromatic N) is 4. The van der Waals surface area contributed by atoms with E-state index in [0.29, 0.717) is 25.1 Å². The first kappa shape index (κ1) is 28.2. The topological polar surface area (TPSA) is 84.7 Å². The van der Waals surface area contributed by atoms with Crippen molar-refractivity contribution in [3.63, 3.8) is 0 Å². The molecule has 5 rings (SSSR count). The second-order valence-corrected chi connectivity index (χ2v) is 12.7. The lowest BCUT2D eigenvalue weighted by atomic mass is 9.68. The van der Waals surface area contributed by atoms with Crippen LogP contribution in [0, 0.1) is 29.8 Å². The third-order valence-electron chi connectivity index (χ3n) is 8.24. The van der Waals surface area contributed by atoms with E-state index in [1.165, 1.54) is 16.3 Å². The third kappa shape index (κ3) is 4.77. The van der Waals surface area contributed by atoms with Crippen molar-refractivity contribution in [3.8, 4) is 11.4 Å². The zero-order valence-electron chi connectivity index (χ0n) is 22.7. The monoisotopic (exact) mass is 576 g/mol. The highest BCUT2D eigenvalue weighted by molar-refractivity contribution is 7.88. The summed E-state index contributed by atoms with van der Waals surface area (Å²) in [4.78, 5) is 20.1. The Morgan fingerprint density at radius 1 is 1.15 bits per heavy atom. The first-order valence-electron chi connectivity index (χ1n) is 13.0. The fourth-order valence-corrected chi connectivity index (χ4v) is 7.00. The second-order valence-electron chi connectivity index (χ2n) is 10.7. The predicted octanol–water partition coefficient (Wildman–Crippen LogP) is 4.34. The predicted molar refractivity (Wildman–Crippen MR) is 142 cm³/mol. The fourth-order valence-electron chi connectivity index (χ4n) is 6.12. The summed E-state index contributed by atoms with van der Waals surface area (Å²) in [5.41, 5.74) is 1.32. The van der Waals surface area contributed by atoms with E-state index >= 15 is 0 Å². The molecule has 1 amide bonds. The average molecular weight is 577 g/mol. The van der Waals surface area contributed by atoms with Crippen LogP contribution >= 0.6 is 0 Å². The smallest absolute Gasteiger partial charge is 0.231 e. The number of sulfonamides is 1. The van der Waals surface area contributed by atoms with E-state index in [1.54, 1.807) is 13.3 Å². The van der Waals surface area contributed by atoms with Gasteiger partial charge in [0.2, 0.25) is 15.9 Å². The van der Waals surface area contributed by atoms with Gasteiger partial charge in [-0.3, -0.25) is 4.79 Å². The van der Waals surface area contributed by atoms with Gasteiger partial charge in [0, 0.05) is 31.7 Å². The summed E-state index contributed by atoms with van der Waals surface area (Å²) in [6.45, 7) is 3.90. The molecule has 8 nitrogen and oxygen atoms in total. The van der Waals surface area contributed by atoms with Crippen molar-refractivity contribution in [1.29, 1.82) is 0 Å². The van der Waals surface area contributed by atoms with Crippen LogP contribution < -0.4 is 4.74 Å². The third-order valence-corrected chi connectivity index (χ3v) is 9.46. The zero-order chi connectivity index (χ0) is 29.0. The van der Waals surface area contributed by atoms with Crippen LogP contribution in [0.25, 0.3) is 5.69 Å². The molecule has 0 N–H and O–H groups in total. The van der Waals surface area contributed by atoms with Crippen molar-refractivity contribution < 1.29 is 31.1 Å². The van der Waals surface area contributed by atoms with E-state index in [9.17, 15) is 26.4 Å². The average Bonchev–Trinajstić information content (AvgIpc) is 3.52. The first-order valence-corrected chi connectivity index (χ1v) is 14.8. The van der Waals surface area contributed by atoms with Gasteiger partial charge in [0.1, 0.15) is 5.75 Å². The standard InChI is InChI=1S/C28H31F3N4O4S/c1-17-13-33(16-32-17)24-7-6-19(12-25(24)39-3)21-14-34(40(4,37)38)15-28(21)8-5-9-35(27(28)36)18(2)20-10-22(29)26(31)23(30)11-20/h6-7,10-13,16,18,21H,5,8-9,14-15H2,1-4H3/t18-,21?,28?/m0/s1. The summed E-state index contributed by atoms with van der Waals surface area (Å²) in [5.74, 6) is -4.50. The molecule has 12 heteroatoms. The van der Waals surface area contributed by atoms with Gasteiger partial charge in [-0.2, -0.15) is 0 Å². The first-order chi connectivity index (χ1) is 18.9. The van der Waals surface area contributed by atoms with Crippen molar-refractivity contribution in [1.82, 2.24) is 18.8 Å². The van der Waals surface area contributed by atoms with E-state index < -0.39 is 44.8 Å².